The standard InChI is InChI=1S/C21H22ClF3N4O2/c1-11-6-14(7-11)28-5-4-27(10-16(28)30)20(31)17-18(22)29-9-13(12-2-3-12)8-15(19(29)26-17)21(23,24)25/h8-9,11-12,14H,2-7,10H2,1H3. The first-order valence-electron chi connectivity index (χ1n) is 10.5. The van der Waals surface area contributed by atoms with Gasteiger partial charge in [-0.15, -0.1) is 0 Å². The van der Waals surface area contributed by atoms with Gasteiger partial charge in [-0.2, -0.15) is 13.2 Å². The van der Waals surface area contributed by atoms with Crippen LogP contribution < -0.4 is 0 Å². The van der Waals surface area contributed by atoms with Gasteiger partial charge in [-0.05, 0) is 49.1 Å². The number of hydrogen-bond acceptors (Lipinski definition) is 3. The Hall–Kier alpha value is -2.29. The van der Waals surface area contributed by atoms with E-state index in [1.807, 2.05) is 0 Å². The van der Waals surface area contributed by atoms with E-state index < -0.39 is 23.3 Å². The molecule has 3 heterocycles. The average Bonchev–Trinajstić information content (AvgIpc) is 3.48. The van der Waals surface area contributed by atoms with E-state index in [-0.39, 0.29) is 35.3 Å². The summed E-state index contributed by atoms with van der Waals surface area (Å²) in [6.07, 6.45) is 0.487. The smallest absolute Gasteiger partial charge is 0.336 e. The van der Waals surface area contributed by atoms with Crippen molar-refractivity contribution in [3.63, 3.8) is 0 Å². The van der Waals surface area contributed by atoms with E-state index in [1.54, 1.807) is 4.90 Å². The maximum atomic E-state index is 13.7. The van der Waals surface area contributed by atoms with Crippen LogP contribution in [0.25, 0.3) is 5.65 Å². The molecule has 6 nitrogen and oxygen atoms in total. The van der Waals surface area contributed by atoms with E-state index in [9.17, 15) is 22.8 Å². The molecule has 2 aromatic rings. The second-order valence-corrected chi connectivity index (χ2v) is 9.31. The number of nitrogens with zero attached hydrogens (tertiary/aromatic N) is 4. The highest BCUT2D eigenvalue weighted by Crippen LogP contribution is 2.43. The minimum Gasteiger partial charge on any atom is -0.336 e. The summed E-state index contributed by atoms with van der Waals surface area (Å²) in [5.41, 5.74) is -1.01. The number of amides is 2. The SMILES string of the molecule is CC1CC(N2CCN(C(=O)c3nc4c(C(F)(F)F)cc(C5CC5)cn4c3Cl)CC2=O)C1. The zero-order valence-corrected chi connectivity index (χ0v) is 17.7. The van der Waals surface area contributed by atoms with E-state index in [0.29, 0.717) is 24.6 Å². The molecule has 0 aromatic carbocycles. The third kappa shape index (κ3) is 3.56. The molecule has 0 bridgehead atoms. The first-order valence-corrected chi connectivity index (χ1v) is 10.9. The number of imidazole rings is 1. The number of carbonyl (C=O) groups is 2. The van der Waals surface area contributed by atoms with Crippen LogP contribution in [0.3, 0.4) is 0 Å². The van der Waals surface area contributed by atoms with Gasteiger partial charge in [0.05, 0.1) is 5.56 Å². The minimum absolute atomic E-state index is 0.0723. The van der Waals surface area contributed by atoms with Crippen LogP contribution in [-0.2, 0) is 11.0 Å². The quantitative estimate of drug-likeness (QED) is 0.705. The molecule has 0 radical (unpaired) electrons. The molecule has 5 rings (SSSR count). The highest BCUT2D eigenvalue weighted by molar-refractivity contribution is 6.33. The fraction of sp³-hybridized carbons (Fsp3) is 0.571. The monoisotopic (exact) mass is 454 g/mol. The molecule has 0 spiro atoms. The first-order chi connectivity index (χ1) is 14.6. The van der Waals surface area contributed by atoms with Gasteiger partial charge in [-0.25, -0.2) is 4.98 Å². The number of hydrogen-bond donors (Lipinski definition) is 0. The molecular formula is C21H22ClF3N4O2. The van der Waals surface area contributed by atoms with Crippen molar-refractivity contribution in [2.75, 3.05) is 19.6 Å². The predicted molar refractivity (Wildman–Crippen MR) is 107 cm³/mol. The van der Waals surface area contributed by atoms with Crippen LogP contribution in [-0.4, -0.2) is 56.7 Å². The van der Waals surface area contributed by atoms with Gasteiger partial charge in [0.1, 0.15) is 11.7 Å². The summed E-state index contributed by atoms with van der Waals surface area (Å²) in [4.78, 5) is 32.7. The van der Waals surface area contributed by atoms with Gasteiger partial charge in [-0.1, -0.05) is 18.5 Å². The second kappa shape index (κ2) is 7.12. The molecule has 2 saturated carbocycles. The third-order valence-electron chi connectivity index (χ3n) is 6.57. The Kier molecular flexibility index (Phi) is 4.73. The highest BCUT2D eigenvalue weighted by Gasteiger charge is 2.40. The summed E-state index contributed by atoms with van der Waals surface area (Å²) in [5.74, 6) is -0.103. The lowest BCUT2D eigenvalue weighted by Gasteiger charge is -2.45. The summed E-state index contributed by atoms with van der Waals surface area (Å²) in [6.45, 7) is 2.73. The van der Waals surface area contributed by atoms with E-state index >= 15 is 0 Å². The van der Waals surface area contributed by atoms with Crippen LogP contribution in [0, 0.1) is 5.92 Å². The van der Waals surface area contributed by atoms with Crippen LogP contribution in [0.1, 0.15) is 60.1 Å². The van der Waals surface area contributed by atoms with Crippen molar-refractivity contribution >= 4 is 29.1 Å². The summed E-state index contributed by atoms with van der Waals surface area (Å²) >= 11 is 6.34. The molecule has 3 fully saturated rings. The number of aromatic nitrogens is 2. The Morgan fingerprint density at radius 1 is 1.23 bits per heavy atom. The van der Waals surface area contributed by atoms with Crippen LogP contribution in [0.2, 0.25) is 5.15 Å². The fourth-order valence-electron chi connectivity index (χ4n) is 4.63. The van der Waals surface area contributed by atoms with Gasteiger partial charge in [0.15, 0.2) is 11.3 Å². The summed E-state index contributed by atoms with van der Waals surface area (Å²) in [5, 5.41) is -0.157. The molecule has 166 valence electrons. The first kappa shape index (κ1) is 20.6. The zero-order valence-electron chi connectivity index (χ0n) is 17.0. The van der Waals surface area contributed by atoms with Crippen LogP contribution in [0.5, 0.6) is 0 Å². The van der Waals surface area contributed by atoms with Crippen molar-refractivity contribution in [1.82, 2.24) is 19.2 Å². The molecule has 1 aliphatic heterocycles. The van der Waals surface area contributed by atoms with Gasteiger partial charge in [0, 0.05) is 25.3 Å². The van der Waals surface area contributed by atoms with Crippen molar-refractivity contribution in [2.45, 2.75) is 50.7 Å². The molecular weight excluding hydrogens is 433 g/mol. The molecule has 0 unspecified atom stereocenters. The number of fused-ring (bicyclic) bond motifs is 1. The molecule has 10 heteroatoms. The predicted octanol–water partition coefficient (Wildman–Crippen LogP) is 3.97. The topological polar surface area (TPSA) is 57.9 Å². The number of halogens is 4. The van der Waals surface area contributed by atoms with Crippen molar-refractivity contribution in [3.05, 3.63) is 34.2 Å². The lowest BCUT2D eigenvalue weighted by Crippen LogP contribution is -2.58. The third-order valence-corrected chi connectivity index (χ3v) is 6.93. The molecule has 1 saturated heterocycles. The van der Waals surface area contributed by atoms with Crippen LogP contribution in [0.4, 0.5) is 13.2 Å². The van der Waals surface area contributed by atoms with Gasteiger partial charge >= 0.3 is 6.18 Å². The maximum absolute atomic E-state index is 13.7. The molecule has 2 aromatic heterocycles. The normalized spacial score (nSPS) is 24.6. The Morgan fingerprint density at radius 3 is 2.52 bits per heavy atom. The highest BCUT2D eigenvalue weighted by atomic mass is 35.5. The molecule has 2 aliphatic carbocycles. The number of piperazine rings is 1. The van der Waals surface area contributed by atoms with Crippen LogP contribution in [0.15, 0.2) is 12.3 Å². The fourth-order valence-corrected chi connectivity index (χ4v) is 4.88. The maximum Gasteiger partial charge on any atom is 0.419 e. The largest absolute Gasteiger partial charge is 0.419 e. The van der Waals surface area contributed by atoms with E-state index in [0.717, 1.165) is 36.2 Å². The molecule has 0 atom stereocenters. The summed E-state index contributed by atoms with van der Waals surface area (Å²) in [7, 11) is 0. The van der Waals surface area contributed by atoms with Gasteiger partial charge in [0.2, 0.25) is 5.91 Å². The van der Waals surface area contributed by atoms with Crippen molar-refractivity contribution in [2.24, 2.45) is 5.92 Å². The molecule has 2 amide bonds. The summed E-state index contributed by atoms with van der Waals surface area (Å²) < 4.78 is 42.2. The average molecular weight is 455 g/mol. The second-order valence-electron chi connectivity index (χ2n) is 8.95. The van der Waals surface area contributed by atoms with Crippen molar-refractivity contribution in [3.8, 4) is 0 Å². The Bertz CT molecular complexity index is 1070. The zero-order chi connectivity index (χ0) is 22.1. The van der Waals surface area contributed by atoms with Crippen molar-refractivity contribution in [1.29, 1.82) is 0 Å². The molecule has 0 N–H and O–H groups in total. The Labute approximate surface area is 182 Å². The molecule has 3 aliphatic rings. The minimum atomic E-state index is -4.62. The Morgan fingerprint density at radius 2 is 1.94 bits per heavy atom. The lowest BCUT2D eigenvalue weighted by molar-refractivity contribution is -0.140. The number of rotatable bonds is 3. The van der Waals surface area contributed by atoms with E-state index in [4.69, 9.17) is 11.6 Å². The van der Waals surface area contributed by atoms with Gasteiger partial charge in [0.25, 0.3) is 5.91 Å². The van der Waals surface area contributed by atoms with Crippen LogP contribution >= 0.6 is 11.6 Å². The van der Waals surface area contributed by atoms with Gasteiger partial charge in [-0.3, -0.25) is 14.0 Å². The number of pyridine rings is 1. The van der Waals surface area contributed by atoms with Gasteiger partial charge < -0.3 is 9.80 Å². The van der Waals surface area contributed by atoms with E-state index in [2.05, 4.69) is 11.9 Å². The van der Waals surface area contributed by atoms with Crippen molar-refractivity contribution < 1.29 is 22.8 Å². The Balaban J connectivity index is 1.44. The number of alkyl halides is 3. The lowest BCUT2D eigenvalue weighted by atomic mass is 9.80. The summed E-state index contributed by atoms with van der Waals surface area (Å²) in [6, 6.07) is 1.32. The number of carbonyl (C=O) groups excluding carboxylic acids is 2. The van der Waals surface area contributed by atoms with E-state index in [1.165, 1.54) is 11.1 Å². The molecule has 31 heavy (non-hydrogen) atoms.